The number of anilines is 1. The van der Waals surface area contributed by atoms with Crippen LogP contribution in [-0.2, 0) is 17.6 Å². The molecule has 6 nitrogen and oxygen atoms in total. The number of carboxylic acid groups (broad SMARTS) is 1. The van der Waals surface area contributed by atoms with Crippen LogP contribution in [0.15, 0.2) is 66.7 Å². The third-order valence-electron chi connectivity index (χ3n) is 5.13. The van der Waals surface area contributed by atoms with Crippen LogP contribution < -0.4 is 15.8 Å². The average molecular weight is 435 g/mol. The molecule has 0 bridgehead atoms. The number of carbonyl (C=O) groups is 1. The van der Waals surface area contributed by atoms with Crippen LogP contribution in [0.2, 0.25) is 0 Å². The fraction of sp³-hybridized carbons (Fsp3) is 0.200. The monoisotopic (exact) mass is 435 g/mol. The van der Waals surface area contributed by atoms with Crippen LogP contribution in [-0.4, -0.2) is 23.5 Å². The molecule has 0 heterocycles. The van der Waals surface area contributed by atoms with E-state index >= 15 is 0 Å². The summed E-state index contributed by atoms with van der Waals surface area (Å²) < 4.78 is 19.8. The van der Waals surface area contributed by atoms with Crippen LogP contribution in [0.4, 0.5) is 10.1 Å². The van der Waals surface area contributed by atoms with Gasteiger partial charge in [-0.15, -0.1) is 0 Å². The van der Waals surface area contributed by atoms with Gasteiger partial charge in [-0.3, -0.25) is 5.41 Å². The highest BCUT2D eigenvalue weighted by molar-refractivity contribution is 5.95. The first-order valence-corrected chi connectivity index (χ1v) is 10.3. The number of ether oxygens (including phenoxy) is 1. The summed E-state index contributed by atoms with van der Waals surface area (Å²) in [5, 5.41) is 20.4. The second-order valence-electron chi connectivity index (χ2n) is 7.32. The molecule has 1 atom stereocenters. The van der Waals surface area contributed by atoms with Crippen molar-refractivity contribution < 1.29 is 19.0 Å². The summed E-state index contributed by atoms with van der Waals surface area (Å²) in [4.78, 5) is 12.1. The minimum absolute atomic E-state index is 0.0625. The number of carboxylic acids is 1. The van der Waals surface area contributed by atoms with Crippen molar-refractivity contribution in [2.45, 2.75) is 25.8 Å². The Morgan fingerprint density at radius 3 is 2.50 bits per heavy atom. The van der Waals surface area contributed by atoms with Gasteiger partial charge in [0.1, 0.15) is 17.4 Å². The average Bonchev–Trinajstić information content (AvgIpc) is 2.79. The minimum Gasteiger partial charge on any atom is -0.493 e. The van der Waals surface area contributed by atoms with Gasteiger partial charge in [0.25, 0.3) is 0 Å². The van der Waals surface area contributed by atoms with Crippen molar-refractivity contribution in [1.29, 1.82) is 5.41 Å². The van der Waals surface area contributed by atoms with Gasteiger partial charge in [-0.1, -0.05) is 31.2 Å². The van der Waals surface area contributed by atoms with E-state index in [1.54, 1.807) is 48.5 Å². The van der Waals surface area contributed by atoms with Crippen LogP contribution >= 0.6 is 0 Å². The summed E-state index contributed by atoms with van der Waals surface area (Å²) in [5.74, 6) is -0.990. The van der Waals surface area contributed by atoms with Gasteiger partial charge >= 0.3 is 5.97 Å². The number of aryl methyl sites for hydroxylation is 1. The summed E-state index contributed by atoms with van der Waals surface area (Å²) in [6.07, 6.45) is 1.10. The molecule has 0 fully saturated rings. The van der Waals surface area contributed by atoms with Crippen molar-refractivity contribution >= 4 is 17.5 Å². The van der Waals surface area contributed by atoms with Crippen LogP contribution in [0.5, 0.6) is 5.75 Å². The Labute approximate surface area is 186 Å². The number of nitrogens with two attached hydrogens (primary N) is 1. The normalized spacial score (nSPS) is 11.6. The fourth-order valence-corrected chi connectivity index (χ4v) is 3.33. The number of nitrogens with one attached hydrogen (secondary N) is 2. The zero-order valence-electron chi connectivity index (χ0n) is 17.8. The molecule has 32 heavy (non-hydrogen) atoms. The van der Waals surface area contributed by atoms with E-state index in [1.165, 1.54) is 6.07 Å². The van der Waals surface area contributed by atoms with Gasteiger partial charge in [-0.25, -0.2) is 9.18 Å². The predicted octanol–water partition coefficient (Wildman–Crippen LogP) is 4.53. The lowest BCUT2D eigenvalue weighted by molar-refractivity contribution is -0.138. The van der Waals surface area contributed by atoms with E-state index < -0.39 is 12.0 Å². The molecule has 0 amide bonds. The molecule has 166 valence electrons. The summed E-state index contributed by atoms with van der Waals surface area (Å²) in [6, 6.07) is 17.6. The summed E-state index contributed by atoms with van der Waals surface area (Å²) in [5.41, 5.74) is 8.60. The lowest BCUT2D eigenvalue weighted by Gasteiger charge is -2.21. The van der Waals surface area contributed by atoms with Gasteiger partial charge in [0, 0.05) is 23.2 Å². The Kier molecular flexibility index (Phi) is 7.44. The number of aliphatic carboxylic acids is 1. The minimum atomic E-state index is -1.06. The Bertz CT molecular complexity index is 1100. The maximum atomic E-state index is 13.9. The van der Waals surface area contributed by atoms with Crippen molar-refractivity contribution in [2.24, 2.45) is 5.73 Å². The maximum Gasteiger partial charge on any atom is 0.330 e. The van der Waals surface area contributed by atoms with Crippen molar-refractivity contribution in [2.75, 3.05) is 11.9 Å². The van der Waals surface area contributed by atoms with Gasteiger partial charge in [-0.05, 0) is 60.0 Å². The molecular formula is C25H26FN3O3. The van der Waals surface area contributed by atoms with Gasteiger partial charge in [-0.2, -0.15) is 0 Å². The summed E-state index contributed by atoms with van der Waals surface area (Å²) in [7, 11) is 0. The molecule has 0 spiro atoms. The van der Waals surface area contributed by atoms with E-state index in [9.17, 15) is 14.3 Å². The highest BCUT2D eigenvalue weighted by atomic mass is 19.1. The van der Waals surface area contributed by atoms with Crippen molar-refractivity contribution in [3.8, 4) is 5.75 Å². The molecular weight excluding hydrogens is 409 g/mol. The molecule has 5 N–H and O–H groups in total. The summed E-state index contributed by atoms with van der Waals surface area (Å²) in [6.45, 7) is 2.20. The third-order valence-corrected chi connectivity index (χ3v) is 5.13. The summed E-state index contributed by atoms with van der Waals surface area (Å²) >= 11 is 0. The molecule has 0 saturated heterocycles. The first-order valence-electron chi connectivity index (χ1n) is 10.3. The second kappa shape index (κ2) is 10.4. The van der Waals surface area contributed by atoms with Crippen LogP contribution in [0.1, 0.15) is 35.2 Å². The molecule has 7 heteroatoms. The Hall–Kier alpha value is -3.87. The van der Waals surface area contributed by atoms with E-state index in [0.717, 1.165) is 12.0 Å². The molecule has 3 rings (SSSR count). The molecule has 3 aromatic carbocycles. The van der Waals surface area contributed by atoms with Crippen LogP contribution in [0.3, 0.4) is 0 Å². The zero-order chi connectivity index (χ0) is 23.1. The first-order chi connectivity index (χ1) is 15.4. The van der Waals surface area contributed by atoms with Crippen LogP contribution in [0.25, 0.3) is 0 Å². The molecule has 0 aliphatic rings. The van der Waals surface area contributed by atoms with Crippen LogP contribution in [0, 0.1) is 11.2 Å². The third kappa shape index (κ3) is 5.63. The van der Waals surface area contributed by atoms with Gasteiger partial charge in [0.2, 0.25) is 0 Å². The van der Waals surface area contributed by atoms with E-state index in [2.05, 4.69) is 5.32 Å². The van der Waals surface area contributed by atoms with Gasteiger partial charge in [0.15, 0.2) is 6.04 Å². The number of nitrogen functional groups attached to an aromatic ring is 1. The molecule has 3 aromatic rings. The smallest absolute Gasteiger partial charge is 0.330 e. The molecule has 0 unspecified atom stereocenters. The molecule has 0 aliphatic carbocycles. The number of rotatable bonds is 10. The fourth-order valence-electron chi connectivity index (χ4n) is 3.33. The number of hydrogen-bond donors (Lipinski definition) is 4. The number of amidine groups is 1. The van der Waals surface area contributed by atoms with Gasteiger partial charge in [0.05, 0.1) is 6.61 Å². The number of hydrogen-bond acceptors (Lipinski definition) is 4. The quantitative estimate of drug-likeness (QED) is 0.276. The Morgan fingerprint density at radius 1 is 1.16 bits per heavy atom. The predicted molar refractivity (Wildman–Crippen MR) is 123 cm³/mol. The molecule has 0 aliphatic heterocycles. The standard InChI is InChI=1S/C25H26FN3O3/c1-2-16-7-12-22(32-14-13-17-5-3-4-6-21(17)26)20(15-16)23(25(30)31)29-19-10-8-18(9-11-19)24(27)28/h3-12,15,23,29H,2,13-14H2,1H3,(H3,27,28)(H,30,31)/t23-/m1/s1. The van der Waals surface area contributed by atoms with Crippen molar-refractivity contribution in [3.63, 3.8) is 0 Å². The zero-order valence-corrected chi connectivity index (χ0v) is 17.8. The topological polar surface area (TPSA) is 108 Å². The van der Waals surface area contributed by atoms with Crippen molar-refractivity contribution in [3.05, 3.63) is 94.8 Å². The maximum absolute atomic E-state index is 13.9. The molecule has 0 aromatic heterocycles. The van der Waals surface area contributed by atoms with E-state index in [-0.39, 0.29) is 18.3 Å². The highest BCUT2D eigenvalue weighted by Crippen LogP contribution is 2.30. The lowest BCUT2D eigenvalue weighted by atomic mass is 10.0. The number of benzene rings is 3. The van der Waals surface area contributed by atoms with Gasteiger partial charge < -0.3 is 20.9 Å². The number of halogens is 1. The first kappa shape index (κ1) is 22.8. The molecule has 0 radical (unpaired) electrons. The Balaban J connectivity index is 1.84. The lowest BCUT2D eigenvalue weighted by Crippen LogP contribution is -2.22. The van der Waals surface area contributed by atoms with Crippen molar-refractivity contribution in [1.82, 2.24) is 0 Å². The van der Waals surface area contributed by atoms with E-state index in [1.807, 2.05) is 19.1 Å². The second-order valence-corrected chi connectivity index (χ2v) is 7.32. The van der Waals surface area contributed by atoms with E-state index in [4.69, 9.17) is 15.9 Å². The Morgan fingerprint density at radius 2 is 1.88 bits per heavy atom. The largest absolute Gasteiger partial charge is 0.493 e. The molecule has 0 saturated carbocycles. The van der Waals surface area contributed by atoms with E-state index in [0.29, 0.717) is 34.5 Å². The SMILES string of the molecule is CCc1ccc(OCCc2ccccc2F)c([C@@H](Nc2ccc(C(=N)N)cc2)C(=O)O)c1. The highest BCUT2D eigenvalue weighted by Gasteiger charge is 2.24.